The molecular weight excluding hydrogens is 456 g/mol. The summed E-state index contributed by atoms with van der Waals surface area (Å²) in [6.45, 7) is 5.94. The standard InChI is InChI=1S/C21H27F6N3O3/c1-2-15-3-4-17(29-9-11-32-12-10-29)16(13-15)14-28-5-7-30(8-6-28)19(31)33-18(20(22,23)24)21(25,26)27/h3-4,13,18H,2,5-12,14H2,1H3. The highest BCUT2D eigenvalue weighted by Gasteiger charge is 2.60. The molecule has 3 rings (SSSR count). The first-order valence-corrected chi connectivity index (χ1v) is 10.7. The van der Waals surface area contributed by atoms with E-state index in [-0.39, 0.29) is 13.1 Å². The van der Waals surface area contributed by atoms with Crippen LogP contribution in [0.2, 0.25) is 0 Å². The number of amides is 1. The fraction of sp³-hybridized carbons (Fsp3) is 0.667. The van der Waals surface area contributed by atoms with Crippen LogP contribution in [-0.4, -0.2) is 86.8 Å². The Labute approximate surface area is 188 Å². The smallest absolute Gasteiger partial charge is 0.426 e. The topological polar surface area (TPSA) is 45.2 Å². The molecule has 1 aromatic carbocycles. The van der Waals surface area contributed by atoms with Crippen LogP contribution in [0.3, 0.4) is 0 Å². The van der Waals surface area contributed by atoms with Gasteiger partial charge in [0, 0.05) is 51.5 Å². The largest absolute Gasteiger partial charge is 0.434 e. The third kappa shape index (κ3) is 6.66. The Hall–Kier alpha value is -2.21. The molecular formula is C21H27F6N3O3. The predicted octanol–water partition coefficient (Wildman–Crippen LogP) is 3.83. The number of rotatable bonds is 5. The molecule has 6 nitrogen and oxygen atoms in total. The Morgan fingerprint density at radius 2 is 1.61 bits per heavy atom. The van der Waals surface area contributed by atoms with Crippen LogP contribution in [0.15, 0.2) is 18.2 Å². The summed E-state index contributed by atoms with van der Waals surface area (Å²) in [7, 11) is 0. The van der Waals surface area contributed by atoms with Crippen molar-refractivity contribution in [3.8, 4) is 0 Å². The molecule has 2 saturated heterocycles. The van der Waals surface area contributed by atoms with Crippen molar-refractivity contribution in [3.05, 3.63) is 29.3 Å². The van der Waals surface area contributed by atoms with Crippen molar-refractivity contribution in [1.29, 1.82) is 0 Å². The maximum absolute atomic E-state index is 12.7. The molecule has 0 radical (unpaired) electrons. The second kappa shape index (κ2) is 10.4. The van der Waals surface area contributed by atoms with Crippen molar-refractivity contribution in [1.82, 2.24) is 9.80 Å². The molecule has 0 spiro atoms. The van der Waals surface area contributed by atoms with Gasteiger partial charge in [0.15, 0.2) is 0 Å². The number of aryl methyl sites for hydroxylation is 1. The summed E-state index contributed by atoms with van der Waals surface area (Å²) in [5.74, 6) is 0. The monoisotopic (exact) mass is 483 g/mol. The number of ether oxygens (including phenoxy) is 2. The molecule has 2 fully saturated rings. The van der Waals surface area contributed by atoms with Crippen LogP contribution in [0.4, 0.5) is 36.8 Å². The summed E-state index contributed by atoms with van der Waals surface area (Å²) in [5, 5.41) is 0. The van der Waals surface area contributed by atoms with Crippen LogP contribution in [0.1, 0.15) is 18.1 Å². The van der Waals surface area contributed by atoms with Gasteiger partial charge in [-0.2, -0.15) is 26.3 Å². The van der Waals surface area contributed by atoms with Crippen LogP contribution >= 0.6 is 0 Å². The number of benzene rings is 1. The van der Waals surface area contributed by atoms with Crippen molar-refractivity contribution in [3.63, 3.8) is 0 Å². The number of piperazine rings is 1. The number of morpholine rings is 1. The van der Waals surface area contributed by atoms with E-state index in [2.05, 4.69) is 27.8 Å². The number of hydrogen-bond donors (Lipinski definition) is 0. The lowest BCUT2D eigenvalue weighted by atomic mass is 10.0. The number of anilines is 1. The molecule has 33 heavy (non-hydrogen) atoms. The van der Waals surface area contributed by atoms with E-state index < -0.39 is 24.5 Å². The first-order chi connectivity index (χ1) is 15.5. The summed E-state index contributed by atoms with van der Waals surface area (Å²) in [6, 6.07) is 6.25. The SMILES string of the molecule is CCc1ccc(N2CCOCC2)c(CN2CCN(C(=O)OC(C(F)(F)F)C(F)(F)F)CC2)c1. The summed E-state index contributed by atoms with van der Waals surface area (Å²) < 4.78 is 85.2. The van der Waals surface area contributed by atoms with Gasteiger partial charge < -0.3 is 19.3 Å². The average Bonchev–Trinajstić information content (AvgIpc) is 2.76. The fourth-order valence-electron chi connectivity index (χ4n) is 3.92. The number of nitrogens with zero attached hydrogens (tertiary/aromatic N) is 3. The Balaban J connectivity index is 1.62. The first-order valence-electron chi connectivity index (χ1n) is 10.7. The van der Waals surface area contributed by atoms with E-state index >= 15 is 0 Å². The van der Waals surface area contributed by atoms with Crippen molar-refractivity contribution < 1.29 is 40.6 Å². The molecule has 0 N–H and O–H groups in total. The zero-order valence-corrected chi connectivity index (χ0v) is 18.2. The van der Waals surface area contributed by atoms with E-state index in [0.717, 1.165) is 41.2 Å². The van der Waals surface area contributed by atoms with E-state index in [1.54, 1.807) is 0 Å². The van der Waals surface area contributed by atoms with Crippen molar-refractivity contribution in [2.45, 2.75) is 38.3 Å². The lowest BCUT2D eigenvalue weighted by molar-refractivity contribution is -0.308. The lowest BCUT2D eigenvalue weighted by Gasteiger charge is -2.36. The summed E-state index contributed by atoms with van der Waals surface area (Å²) in [4.78, 5) is 17.1. The van der Waals surface area contributed by atoms with E-state index in [1.165, 1.54) is 0 Å². The van der Waals surface area contributed by atoms with E-state index in [1.807, 2.05) is 11.8 Å². The zero-order chi connectivity index (χ0) is 24.2. The Kier molecular flexibility index (Phi) is 7.99. The van der Waals surface area contributed by atoms with Crippen molar-refractivity contribution in [2.24, 2.45) is 0 Å². The van der Waals surface area contributed by atoms with E-state index in [4.69, 9.17) is 4.74 Å². The molecule has 0 atom stereocenters. The van der Waals surface area contributed by atoms with Crippen LogP contribution in [0, 0.1) is 0 Å². The summed E-state index contributed by atoms with van der Waals surface area (Å²) in [6.07, 6.45) is -16.3. The minimum Gasteiger partial charge on any atom is -0.426 e. The number of carbonyl (C=O) groups is 1. The molecule has 1 amide bonds. The van der Waals surface area contributed by atoms with Gasteiger partial charge in [0.2, 0.25) is 0 Å². The van der Waals surface area contributed by atoms with Gasteiger partial charge in [-0.05, 0) is 23.6 Å². The highest BCUT2D eigenvalue weighted by atomic mass is 19.4. The van der Waals surface area contributed by atoms with Crippen LogP contribution in [0.25, 0.3) is 0 Å². The molecule has 0 saturated carbocycles. The molecule has 2 aliphatic rings. The van der Waals surface area contributed by atoms with Crippen molar-refractivity contribution in [2.75, 3.05) is 57.4 Å². The Morgan fingerprint density at radius 3 is 2.15 bits per heavy atom. The van der Waals surface area contributed by atoms with Crippen LogP contribution in [0.5, 0.6) is 0 Å². The maximum Gasteiger partial charge on any atom is 0.434 e. The third-order valence-electron chi connectivity index (χ3n) is 5.74. The molecule has 0 aliphatic carbocycles. The zero-order valence-electron chi connectivity index (χ0n) is 18.2. The minimum absolute atomic E-state index is 0.0262. The first kappa shape index (κ1) is 25.4. The Morgan fingerprint density at radius 1 is 1.00 bits per heavy atom. The number of carbonyl (C=O) groups excluding carboxylic acids is 1. The van der Waals surface area contributed by atoms with Gasteiger partial charge in [-0.15, -0.1) is 0 Å². The summed E-state index contributed by atoms with van der Waals surface area (Å²) >= 11 is 0. The van der Waals surface area contributed by atoms with Gasteiger partial charge in [-0.1, -0.05) is 19.1 Å². The quantitative estimate of drug-likeness (QED) is 0.596. The average molecular weight is 483 g/mol. The van der Waals surface area contributed by atoms with Gasteiger partial charge in [-0.25, -0.2) is 4.79 Å². The van der Waals surface area contributed by atoms with Gasteiger partial charge in [-0.3, -0.25) is 4.90 Å². The van der Waals surface area contributed by atoms with Crippen molar-refractivity contribution >= 4 is 11.8 Å². The van der Waals surface area contributed by atoms with Gasteiger partial charge >= 0.3 is 18.4 Å². The molecule has 1 aromatic rings. The normalized spacial score (nSPS) is 18.7. The third-order valence-corrected chi connectivity index (χ3v) is 5.74. The molecule has 2 aliphatic heterocycles. The highest BCUT2D eigenvalue weighted by Crippen LogP contribution is 2.36. The molecule has 12 heteroatoms. The number of hydrogen-bond acceptors (Lipinski definition) is 5. The predicted molar refractivity (Wildman–Crippen MR) is 108 cm³/mol. The minimum atomic E-state index is -5.73. The second-order valence-corrected chi connectivity index (χ2v) is 8.03. The second-order valence-electron chi connectivity index (χ2n) is 8.03. The molecule has 2 heterocycles. The van der Waals surface area contributed by atoms with Crippen LogP contribution < -0.4 is 4.90 Å². The molecule has 0 bridgehead atoms. The lowest BCUT2D eigenvalue weighted by Crippen LogP contribution is -2.52. The fourth-order valence-corrected chi connectivity index (χ4v) is 3.92. The van der Waals surface area contributed by atoms with Gasteiger partial charge in [0.05, 0.1) is 13.2 Å². The Bertz CT molecular complexity index is 789. The molecule has 0 unspecified atom stereocenters. The van der Waals surface area contributed by atoms with Gasteiger partial charge in [0.25, 0.3) is 6.10 Å². The molecule has 186 valence electrons. The van der Waals surface area contributed by atoms with Gasteiger partial charge in [0.1, 0.15) is 0 Å². The molecule has 0 aromatic heterocycles. The maximum atomic E-state index is 12.7. The number of halogens is 6. The summed E-state index contributed by atoms with van der Waals surface area (Å²) in [5.41, 5.74) is 3.33. The number of alkyl halides is 6. The van der Waals surface area contributed by atoms with E-state index in [0.29, 0.717) is 32.8 Å². The highest BCUT2D eigenvalue weighted by molar-refractivity contribution is 5.68. The van der Waals surface area contributed by atoms with E-state index in [9.17, 15) is 31.1 Å². The van der Waals surface area contributed by atoms with Crippen LogP contribution in [-0.2, 0) is 22.4 Å².